The Balaban J connectivity index is 1.56. The van der Waals surface area contributed by atoms with Crippen LogP contribution in [0.1, 0.15) is 38.5 Å². The Morgan fingerprint density at radius 1 is 0.886 bits per heavy atom. The van der Waals surface area contributed by atoms with Crippen molar-refractivity contribution in [1.82, 2.24) is 0 Å². The van der Waals surface area contributed by atoms with Gasteiger partial charge in [-0.3, -0.25) is 14.4 Å². The van der Waals surface area contributed by atoms with Gasteiger partial charge >= 0.3 is 6.18 Å². The predicted molar refractivity (Wildman–Crippen MR) is 141 cm³/mol. The highest BCUT2D eigenvalue weighted by atomic mass is 35.5. The Morgan fingerprint density at radius 2 is 1.52 bits per heavy atom. The molecule has 0 bridgehead atoms. The summed E-state index contributed by atoms with van der Waals surface area (Å²) in [6.45, 7) is 0. The normalized spacial score (nSPS) is 17.5. The van der Waals surface area contributed by atoms with E-state index in [-0.39, 0.29) is 5.56 Å². The van der Waals surface area contributed by atoms with Gasteiger partial charge in [0.15, 0.2) is 5.78 Å². The van der Waals surface area contributed by atoms with E-state index >= 15 is 0 Å². The third-order valence-corrected chi connectivity index (χ3v) is 8.12. The molecule has 0 aliphatic heterocycles. The van der Waals surface area contributed by atoms with E-state index in [1.165, 1.54) is 0 Å². The van der Waals surface area contributed by atoms with E-state index in [0.717, 1.165) is 18.2 Å². The van der Waals surface area contributed by atoms with E-state index in [0.29, 0.717) is 24.3 Å². The van der Waals surface area contributed by atoms with Gasteiger partial charge in [-0.1, -0.05) is 23.7 Å². The van der Waals surface area contributed by atoms with Gasteiger partial charge in [-0.15, -0.1) is 23.2 Å². The molecule has 4 nitrogen and oxygen atoms in total. The molecule has 3 aromatic carbocycles. The fourth-order valence-electron chi connectivity index (χ4n) is 4.57. The zero-order valence-corrected chi connectivity index (χ0v) is 23.7. The standard InChI is InChI=1S/C28H15Cl3F9NO3/c29-23-14(19(42)6-11-2-3-16(32)13(24(11)35)9-20(43)25(36)37)7-12(8-18(23)34)41-26(44)22-21(27(22,30)31)10-1-4-17(33)15(5-10)28(38,39)40/h1-5,7-8,21-22,25H,6,9H2,(H,41,44)/t21-,22+/m0/s1. The Labute approximate surface area is 257 Å². The summed E-state index contributed by atoms with van der Waals surface area (Å²) in [6.07, 6.45) is -10.8. The van der Waals surface area contributed by atoms with Crippen LogP contribution >= 0.6 is 34.8 Å². The zero-order valence-electron chi connectivity index (χ0n) is 21.4. The lowest BCUT2D eigenvalue weighted by molar-refractivity contribution is -0.140. The average Bonchev–Trinajstić information content (AvgIpc) is 3.51. The van der Waals surface area contributed by atoms with Gasteiger partial charge in [-0.05, 0) is 41.5 Å². The lowest BCUT2D eigenvalue weighted by Crippen LogP contribution is -2.18. The third-order valence-electron chi connectivity index (χ3n) is 6.80. The first-order valence-electron chi connectivity index (χ1n) is 12.2. The molecular formula is C28H15Cl3F9NO3. The molecule has 1 saturated carbocycles. The number of rotatable bonds is 9. The number of anilines is 1. The molecule has 0 heterocycles. The summed E-state index contributed by atoms with van der Waals surface area (Å²) in [5.74, 6) is -12.1. The number of hydrogen-bond donors (Lipinski definition) is 1. The van der Waals surface area contributed by atoms with Crippen LogP contribution < -0.4 is 5.32 Å². The molecule has 44 heavy (non-hydrogen) atoms. The average molecular weight is 691 g/mol. The highest BCUT2D eigenvalue weighted by Crippen LogP contribution is 2.65. The second-order valence-corrected chi connectivity index (χ2v) is 11.5. The van der Waals surface area contributed by atoms with Gasteiger partial charge in [-0.2, -0.15) is 13.2 Å². The number of halogens is 12. The molecule has 0 unspecified atom stereocenters. The molecule has 16 heteroatoms. The summed E-state index contributed by atoms with van der Waals surface area (Å²) in [4.78, 5) is 37.2. The van der Waals surface area contributed by atoms with E-state index in [9.17, 15) is 53.9 Å². The molecule has 2 atom stereocenters. The monoisotopic (exact) mass is 689 g/mol. The highest BCUT2D eigenvalue weighted by molar-refractivity contribution is 6.53. The molecule has 234 valence electrons. The lowest BCUT2D eigenvalue weighted by atomic mass is 9.98. The van der Waals surface area contributed by atoms with Crippen molar-refractivity contribution in [1.29, 1.82) is 0 Å². The largest absolute Gasteiger partial charge is 0.419 e. The first-order valence-corrected chi connectivity index (χ1v) is 13.3. The number of Topliss-reactive ketones (excluding diaryl/α,β-unsaturated/α-hetero) is 2. The predicted octanol–water partition coefficient (Wildman–Crippen LogP) is 8.24. The van der Waals surface area contributed by atoms with Crippen LogP contribution in [0.25, 0.3) is 0 Å². The molecule has 1 aliphatic rings. The van der Waals surface area contributed by atoms with Crippen molar-refractivity contribution in [2.24, 2.45) is 5.92 Å². The van der Waals surface area contributed by atoms with Crippen molar-refractivity contribution in [2.75, 3.05) is 5.32 Å². The molecule has 1 N–H and O–H groups in total. The van der Waals surface area contributed by atoms with Gasteiger partial charge < -0.3 is 5.32 Å². The van der Waals surface area contributed by atoms with Gasteiger partial charge in [0.2, 0.25) is 11.7 Å². The number of ketones is 2. The summed E-state index contributed by atoms with van der Waals surface area (Å²) in [5, 5.41) is 1.45. The topological polar surface area (TPSA) is 63.2 Å². The minimum atomic E-state index is -5.06. The Kier molecular flexibility index (Phi) is 9.35. The van der Waals surface area contributed by atoms with Gasteiger partial charge in [0.05, 0.1) is 16.5 Å². The van der Waals surface area contributed by atoms with Crippen LogP contribution in [0.2, 0.25) is 5.02 Å². The minimum absolute atomic E-state index is 0.210. The maximum atomic E-state index is 14.9. The van der Waals surface area contributed by atoms with Crippen molar-refractivity contribution in [3.63, 3.8) is 0 Å². The van der Waals surface area contributed by atoms with E-state index in [1.807, 2.05) is 0 Å². The van der Waals surface area contributed by atoms with Crippen molar-refractivity contribution in [2.45, 2.75) is 35.7 Å². The summed E-state index contributed by atoms with van der Waals surface area (Å²) >= 11 is 18.2. The maximum absolute atomic E-state index is 14.9. The molecule has 4 rings (SSSR count). The quantitative estimate of drug-likeness (QED) is 0.140. The molecule has 1 amide bonds. The summed E-state index contributed by atoms with van der Waals surface area (Å²) in [7, 11) is 0. The molecule has 0 aromatic heterocycles. The molecule has 0 spiro atoms. The number of nitrogens with one attached hydrogen (secondary N) is 1. The number of alkyl halides is 7. The van der Waals surface area contributed by atoms with Crippen molar-refractivity contribution in [3.8, 4) is 0 Å². The molecule has 0 saturated heterocycles. The van der Waals surface area contributed by atoms with E-state index in [4.69, 9.17) is 34.8 Å². The first kappa shape index (κ1) is 33.6. The zero-order chi connectivity index (χ0) is 32.9. The number of carbonyl (C=O) groups is 3. The SMILES string of the molecule is O=C(Cc1ccc(F)c(CC(=O)C(F)F)c1F)c1cc(NC(=O)[C@H]2[C@H](c3ccc(F)c(C(F)(F)F)c3)C2(Cl)Cl)cc(F)c1Cl. The second-order valence-electron chi connectivity index (χ2n) is 9.72. The van der Waals surface area contributed by atoms with Crippen LogP contribution in [0.4, 0.5) is 45.2 Å². The number of amides is 1. The fraction of sp³-hybridized carbons (Fsp3) is 0.250. The first-order chi connectivity index (χ1) is 20.3. The van der Waals surface area contributed by atoms with Crippen LogP contribution in [0.3, 0.4) is 0 Å². The minimum Gasteiger partial charge on any atom is -0.326 e. The van der Waals surface area contributed by atoms with E-state index in [1.54, 1.807) is 0 Å². The molecule has 1 fully saturated rings. The molecule has 0 radical (unpaired) electrons. The highest BCUT2D eigenvalue weighted by Gasteiger charge is 2.67. The molecular weight excluding hydrogens is 676 g/mol. The van der Waals surface area contributed by atoms with Crippen LogP contribution in [-0.2, 0) is 28.6 Å². The Morgan fingerprint density at radius 3 is 2.14 bits per heavy atom. The molecule has 1 aliphatic carbocycles. The Hall–Kier alpha value is -3.29. The lowest BCUT2D eigenvalue weighted by Gasteiger charge is -2.12. The van der Waals surface area contributed by atoms with E-state index < -0.39 is 115 Å². The Bertz CT molecular complexity index is 1680. The van der Waals surface area contributed by atoms with Crippen LogP contribution in [0, 0.1) is 29.2 Å². The van der Waals surface area contributed by atoms with Crippen LogP contribution in [0.5, 0.6) is 0 Å². The number of benzene rings is 3. The summed E-state index contributed by atoms with van der Waals surface area (Å²) < 4.78 is 120. The van der Waals surface area contributed by atoms with Crippen molar-refractivity contribution in [3.05, 3.63) is 98.6 Å². The van der Waals surface area contributed by atoms with E-state index in [2.05, 4.69) is 5.32 Å². The van der Waals surface area contributed by atoms with Crippen LogP contribution in [-0.4, -0.2) is 28.2 Å². The van der Waals surface area contributed by atoms with Crippen molar-refractivity contribution >= 4 is 58.0 Å². The summed E-state index contributed by atoms with van der Waals surface area (Å²) in [6, 6.07) is 4.97. The maximum Gasteiger partial charge on any atom is 0.419 e. The second kappa shape index (κ2) is 12.2. The van der Waals surface area contributed by atoms with Crippen molar-refractivity contribution < 1.29 is 53.9 Å². The smallest absolute Gasteiger partial charge is 0.326 e. The summed E-state index contributed by atoms with van der Waals surface area (Å²) in [5.41, 5.74) is -4.36. The van der Waals surface area contributed by atoms with Gasteiger partial charge in [0.1, 0.15) is 27.6 Å². The van der Waals surface area contributed by atoms with Crippen LogP contribution in [0.15, 0.2) is 42.5 Å². The fourth-order valence-corrected chi connectivity index (χ4v) is 5.61. The number of carbonyl (C=O) groups excluding carboxylic acids is 3. The third kappa shape index (κ3) is 6.69. The van der Waals surface area contributed by atoms with Gasteiger partial charge in [0, 0.05) is 35.6 Å². The van der Waals surface area contributed by atoms with Gasteiger partial charge in [0.25, 0.3) is 6.43 Å². The van der Waals surface area contributed by atoms with Gasteiger partial charge in [-0.25, -0.2) is 26.3 Å². The molecule has 3 aromatic rings. The number of hydrogen-bond acceptors (Lipinski definition) is 3.